The molecule has 0 saturated carbocycles. The summed E-state index contributed by atoms with van der Waals surface area (Å²) in [5, 5.41) is 21.9. The van der Waals surface area contributed by atoms with Crippen LogP contribution in [0.3, 0.4) is 0 Å². The molecule has 2 aromatic rings. The lowest BCUT2D eigenvalue weighted by Gasteiger charge is -2.15. The summed E-state index contributed by atoms with van der Waals surface area (Å²) in [4.78, 5) is 36.7. The van der Waals surface area contributed by atoms with Crippen LogP contribution in [-0.2, 0) is 11.3 Å². The number of aromatic nitrogens is 1. The molecular formula is C20H23BrN4O4. The van der Waals surface area contributed by atoms with Crippen molar-refractivity contribution in [1.29, 1.82) is 5.41 Å². The van der Waals surface area contributed by atoms with E-state index >= 15 is 0 Å². The second-order valence-corrected chi connectivity index (χ2v) is 7.46. The molecule has 2 rings (SSSR count). The predicted octanol–water partition coefficient (Wildman–Crippen LogP) is 2.21. The number of carboxylic acid groups (broad SMARTS) is 1. The summed E-state index contributed by atoms with van der Waals surface area (Å²) in [5.41, 5.74) is 0.299. The maximum atomic E-state index is 12.7. The number of hydrogen-bond donors (Lipinski definition) is 4. The number of nitrogens with zero attached hydrogens (tertiary/aromatic N) is 1. The summed E-state index contributed by atoms with van der Waals surface area (Å²) in [6, 6.07) is 9.32. The largest absolute Gasteiger partial charge is 0.480 e. The van der Waals surface area contributed by atoms with Crippen LogP contribution in [0.1, 0.15) is 35.7 Å². The van der Waals surface area contributed by atoms with Gasteiger partial charge in [-0.05, 0) is 49.6 Å². The minimum absolute atomic E-state index is 0.107. The molecule has 0 radical (unpaired) electrons. The van der Waals surface area contributed by atoms with Gasteiger partial charge in [-0.1, -0.05) is 28.1 Å². The fraction of sp³-hybridized carbons (Fsp3) is 0.300. The van der Waals surface area contributed by atoms with Gasteiger partial charge < -0.3 is 20.3 Å². The summed E-state index contributed by atoms with van der Waals surface area (Å²) in [5.74, 6) is -1.60. The first-order valence-electron chi connectivity index (χ1n) is 9.04. The predicted molar refractivity (Wildman–Crippen MR) is 113 cm³/mol. The highest BCUT2D eigenvalue weighted by atomic mass is 79.9. The van der Waals surface area contributed by atoms with E-state index in [1.807, 2.05) is 24.3 Å². The van der Waals surface area contributed by atoms with Crippen LogP contribution in [0.2, 0.25) is 0 Å². The Labute approximate surface area is 176 Å². The fourth-order valence-electron chi connectivity index (χ4n) is 2.70. The van der Waals surface area contributed by atoms with Gasteiger partial charge in [-0.15, -0.1) is 0 Å². The molecule has 1 aromatic heterocycles. The third kappa shape index (κ3) is 6.86. The molecule has 1 heterocycles. The molecule has 0 spiro atoms. The monoisotopic (exact) mass is 462 g/mol. The molecule has 0 aliphatic carbocycles. The molecule has 0 saturated heterocycles. The van der Waals surface area contributed by atoms with Crippen molar-refractivity contribution in [3.63, 3.8) is 0 Å². The van der Waals surface area contributed by atoms with Gasteiger partial charge in [0.1, 0.15) is 11.6 Å². The van der Waals surface area contributed by atoms with Crippen molar-refractivity contribution in [2.75, 3.05) is 6.54 Å². The number of halogens is 1. The third-order valence-electron chi connectivity index (χ3n) is 4.19. The lowest BCUT2D eigenvalue weighted by atomic mass is 10.1. The second-order valence-electron chi connectivity index (χ2n) is 6.54. The molecule has 4 N–H and O–H groups in total. The van der Waals surface area contributed by atoms with Crippen LogP contribution in [0.25, 0.3) is 0 Å². The first-order chi connectivity index (χ1) is 13.8. The van der Waals surface area contributed by atoms with Gasteiger partial charge in [-0.25, -0.2) is 4.79 Å². The molecule has 154 valence electrons. The average Bonchev–Trinajstić information content (AvgIpc) is 2.67. The Morgan fingerprint density at radius 3 is 2.55 bits per heavy atom. The minimum Gasteiger partial charge on any atom is -0.480 e. The van der Waals surface area contributed by atoms with E-state index in [1.54, 1.807) is 19.2 Å². The van der Waals surface area contributed by atoms with Gasteiger partial charge in [0, 0.05) is 17.2 Å². The van der Waals surface area contributed by atoms with Crippen LogP contribution in [0, 0.1) is 5.41 Å². The number of hydrogen-bond acceptors (Lipinski definition) is 4. The number of pyridine rings is 1. The molecule has 0 aliphatic rings. The minimum atomic E-state index is -1.17. The number of benzene rings is 1. The van der Waals surface area contributed by atoms with Gasteiger partial charge >= 0.3 is 5.97 Å². The summed E-state index contributed by atoms with van der Waals surface area (Å²) in [6.45, 7) is 2.32. The van der Waals surface area contributed by atoms with Gasteiger partial charge in [0.15, 0.2) is 0 Å². The number of rotatable bonds is 9. The van der Waals surface area contributed by atoms with Gasteiger partial charge in [0.2, 0.25) is 0 Å². The Hall–Kier alpha value is -2.94. The van der Waals surface area contributed by atoms with Crippen molar-refractivity contribution in [3.8, 4) is 0 Å². The Balaban J connectivity index is 2.08. The zero-order valence-corrected chi connectivity index (χ0v) is 17.5. The molecule has 0 aliphatic heterocycles. The van der Waals surface area contributed by atoms with Gasteiger partial charge in [0.25, 0.3) is 11.5 Å². The van der Waals surface area contributed by atoms with Crippen molar-refractivity contribution < 1.29 is 14.7 Å². The smallest absolute Gasteiger partial charge is 0.326 e. The van der Waals surface area contributed by atoms with E-state index in [0.717, 1.165) is 10.0 Å². The molecule has 9 heteroatoms. The summed E-state index contributed by atoms with van der Waals surface area (Å²) in [7, 11) is 0. The fourth-order valence-corrected chi connectivity index (χ4v) is 2.96. The lowest BCUT2D eigenvalue weighted by molar-refractivity contribution is -0.139. The number of aliphatic carboxylic acids is 1. The topological polar surface area (TPSA) is 124 Å². The molecular weight excluding hydrogens is 440 g/mol. The number of carbonyl (C=O) groups is 2. The van der Waals surface area contributed by atoms with E-state index in [1.165, 1.54) is 10.6 Å². The van der Waals surface area contributed by atoms with E-state index in [0.29, 0.717) is 19.5 Å². The summed E-state index contributed by atoms with van der Waals surface area (Å²) >= 11 is 3.36. The molecule has 0 bridgehead atoms. The number of nitrogens with one attached hydrogen (secondary N) is 3. The molecule has 8 nitrogen and oxygen atoms in total. The number of carboxylic acids is 1. The highest BCUT2D eigenvalue weighted by molar-refractivity contribution is 9.10. The van der Waals surface area contributed by atoms with Crippen LogP contribution in [0.4, 0.5) is 0 Å². The molecule has 1 amide bonds. The first-order valence-corrected chi connectivity index (χ1v) is 9.84. The molecule has 1 aromatic carbocycles. The van der Waals surface area contributed by atoms with Crippen molar-refractivity contribution in [1.82, 2.24) is 15.2 Å². The van der Waals surface area contributed by atoms with E-state index < -0.39 is 23.5 Å². The molecule has 29 heavy (non-hydrogen) atoms. The average molecular weight is 463 g/mol. The maximum Gasteiger partial charge on any atom is 0.326 e. The quantitative estimate of drug-likeness (QED) is 0.258. The summed E-state index contributed by atoms with van der Waals surface area (Å²) < 4.78 is 2.33. The highest BCUT2D eigenvalue weighted by Gasteiger charge is 2.22. The zero-order valence-electron chi connectivity index (χ0n) is 15.9. The molecule has 0 fully saturated rings. The zero-order chi connectivity index (χ0) is 21.4. The Morgan fingerprint density at radius 1 is 1.24 bits per heavy atom. The second kappa shape index (κ2) is 10.6. The van der Waals surface area contributed by atoms with E-state index in [2.05, 4.69) is 26.6 Å². The van der Waals surface area contributed by atoms with Crippen LogP contribution < -0.4 is 16.2 Å². The maximum absolute atomic E-state index is 12.7. The standard InChI is InChI=1S/C20H23BrN4O4/c1-13(22)23-10-2-5-17(20(28)29)24-18(26)16-4-3-11-25(19(16)27)12-14-6-8-15(21)9-7-14/h3-4,6-9,11,17H,2,5,10,12H2,1H3,(H2,22,23)(H,24,26)(H,28,29)/t17-/m0/s1. The third-order valence-corrected chi connectivity index (χ3v) is 4.72. The first kappa shape index (κ1) is 22.4. The van der Waals surface area contributed by atoms with Crippen LogP contribution in [0.15, 0.2) is 51.9 Å². The number of carbonyl (C=O) groups excluding carboxylic acids is 1. The molecule has 0 unspecified atom stereocenters. The van der Waals surface area contributed by atoms with Crippen molar-refractivity contribution >= 4 is 33.6 Å². The van der Waals surface area contributed by atoms with E-state index in [4.69, 9.17) is 5.41 Å². The Morgan fingerprint density at radius 2 is 1.93 bits per heavy atom. The van der Waals surface area contributed by atoms with Gasteiger partial charge in [-0.3, -0.25) is 15.0 Å². The lowest BCUT2D eigenvalue weighted by Crippen LogP contribution is -2.43. The van der Waals surface area contributed by atoms with E-state index in [-0.39, 0.29) is 17.8 Å². The van der Waals surface area contributed by atoms with Gasteiger partial charge in [-0.2, -0.15) is 0 Å². The van der Waals surface area contributed by atoms with Crippen molar-refractivity contribution in [2.45, 2.75) is 32.4 Å². The SMILES string of the molecule is CC(=N)NCCC[C@H](NC(=O)c1cccn(Cc2ccc(Br)cc2)c1=O)C(=O)O. The molecule has 1 atom stereocenters. The number of amidine groups is 1. The van der Waals surface area contributed by atoms with Crippen molar-refractivity contribution in [3.05, 3.63) is 68.5 Å². The van der Waals surface area contributed by atoms with Crippen LogP contribution in [0.5, 0.6) is 0 Å². The highest BCUT2D eigenvalue weighted by Crippen LogP contribution is 2.11. The van der Waals surface area contributed by atoms with Crippen LogP contribution in [-0.4, -0.2) is 40.0 Å². The summed E-state index contributed by atoms with van der Waals surface area (Å²) in [6.07, 6.45) is 2.22. The number of amides is 1. The van der Waals surface area contributed by atoms with Crippen LogP contribution >= 0.6 is 15.9 Å². The normalized spacial score (nSPS) is 11.5. The Kier molecular flexibility index (Phi) is 8.14. The van der Waals surface area contributed by atoms with E-state index in [9.17, 15) is 19.5 Å². The Bertz CT molecular complexity index is 940. The van der Waals surface area contributed by atoms with Crippen molar-refractivity contribution in [2.24, 2.45) is 0 Å². The van der Waals surface area contributed by atoms with Gasteiger partial charge in [0.05, 0.1) is 12.4 Å².